The van der Waals surface area contributed by atoms with E-state index in [2.05, 4.69) is 10.6 Å². The quantitative estimate of drug-likeness (QED) is 0.751. The number of hydrogen-bond acceptors (Lipinski definition) is 5. The van der Waals surface area contributed by atoms with Crippen LogP contribution in [-0.2, 0) is 14.3 Å². The van der Waals surface area contributed by atoms with Crippen LogP contribution < -0.4 is 10.6 Å². The topological polar surface area (TPSA) is 84.5 Å². The van der Waals surface area contributed by atoms with Gasteiger partial charge in [-0.3, -0.25) is 9.59 Å². The molecule has 1 atom stereocenters. The maximum atomic E-state index is 12.7. The van der Waals surface area contributed by atoms with E-state index in [1.807, 2.05) is 13.0 Å². The number of carbonyl (C=O) groups excluding carboxylic acids is 3. The van der Waals surface area contributed by atoms with E-state index in [0.29, 0.717) is 22.7 Å². The van der Waals surface area contributed by atoms with Gasteiger partial charge < -0.3 is 15.4 Å². The fourth-order valence-electron chi connectivity index (χ4n) is 2.38. The zero-order chi connectivity index (χ0) is 19.3. The first kappa shape index (κ1) is 19.7. The first-order chi connectivity index (χ1) is 12.3. The highest BCUT2D eigenvalue weighted by molar-refractivity contribution is 7.16. The van der Waals surface area contributed by atoms with Crippen molar-refractivity contribution in [3.8, 4) is 0 Å². The smallest absolute Gasteiger partial charge is 0.342 e. The highest BCUT2D eigenvalue weighted by Gasteiger charge is 2.27. The summed E-state index contributed by atoms with van der Waals surface area (Å²) in [5.74, 6) is -1.28. The number of thiophene rings is 1. The molecule has 0 aliphatic heterocycles. The number of para-hydroxylation sites is 1. The fourth-order valence-corrected chi connectivity index (χ4v) is 3.47. The molecule has 0 fully saturated rings. The van der Waals surface area contributed by atoms with Gasteiger partial charge in [-0.25, -0.2) is 4.79 Å². The molecule has 2 amide bonds. The molecule has 0 aliphatic carbocycles. The Kier molecular flexibility index (Phi) is 6.52. The summed E-state index contributed by atoms with van der Waals surface area (Å²) in [7, 11) is 0. The molecule has 0 saturated heterocycles. The Labute approximate surface area is 156 Å². The number of amides is 2. The van der Waals surface area contributed by atoms with Crippen LogP contribution >= 0.6 is 11.3 Å². The van der Waals surface area contributed by atoms with E-state index >= 15 is 0 Å². The van der Waals surface area contributed by atoms with Crippen molar-refractivity contribution < 1.29 is 19.1 Å². The third kappa shape index (κ3) is 4.70. The number of ether oxygens (including phenoxy) is 1. The molecule has 7 heteroatoms. The highest BCUT2D eigenvalue weighted by atomic mass is 32.1. The molecule has 0 saturated carbocycles. The number of nitrogens with one attached hydrogen (secondary N) is 2. The number of rotatable bonds is 6. The molecule has 0 aliphatic rings. The SMILES string of the molecule is CC[C@@H](OC(=O)c1c(NC(C)=O)sc(C)c1C)C(=O)Nc1ccccc1. The zero-order valence-electron chi connectivity index (χ0n) is 15.2. The lowest BCUT2D eigenvalue weighted by molar-refractivity contribution is -0.124. The van der Waals surface area contributed by atoms with Crippen molar-refractivity contribution in [3.63, 3.8) is 0 Å². The van der Waals surface area contributed by atoms with Gasteiger partial charge in [0.05, 0.1) is 5.56 Å². The largest absolute Gasteiger partial charge is 0.449 e. The fraction of sp³-hybridized carbons (Fsp3) is 0.316. The summed E-state index contributed by atoms with van der Waals surface area (Å²) in [6.45, 7) is 6.80. The molecule has 1 aromatic heterocycles. The Morgan fingerprint density at radius 1 is 1.12 bits per heavy atom. The predicted molar refractivity (Wildman–Crippen MR) is 103 cm³/mol. The summed E-state index contributed by atoms with van der Waals surface area (Å²) in [5.41, 5.74) is 1.67. The molecular weight excluding hydrogens is 352 g/mol. The van der Waals surface area contributed by atoms with Crippen molar-refractivity contribution in [2.24, 2.45) is 0 Å². The van der Waals surface area contributed by atoms with Gasteiger partial charge in [0.1, 0.15) is 5.00 Å². The summed E-state index contributed by atoms with van der Waals surface area (Å²) < 4.78 is 5.44. The minimum absolute atomic E-state index is 0.269. The van der Waals surface area contributed by atoms with Crippen LogP contribution in [0.4, 0.5) is 10.7 Å². The monoisotopic (exact) mass is 374 g/mol. The Morgan fingerprint density at radius 2 is 1.77 bits per heavy atom. The first-order valence-electron chi connectivity index (χ1n) is 8.28. The zero-order valence-corrected chi connectivity index (χ0v) is 16.0. The van der Waals surface area contributed by atoms with Crippen LogP contribution in [0, 0.1) is 13.8 Å². The molecule has 138 valence electrons. The lowest BCUT2D eigenvalue weighted by Crippen LogP contribution is -2.32. The van der Waals surface area contributed by atoms with Crippen LogP contribution in [0.25, 0.3) is 0 Å². The molecule has 2 rings (SSSR count). The molecule has 2 N–H and O–H groups in total. The maximum absolute atomic E-state index is 12.7. The van der Waals surface area contributed by atoms with Crippen LogP contribution in [0.3, 0.4) is 0 Å². The van der Waals surface area contributed by atoms with Gasteiger partial charge in [-0.1, -0.05) is 25.1 Å². The Bertz CT molecular complexity index is 814. The normalized spacial score (nSPS) is 11.5. The van der Waals surface area contributed by atoms with E-state index < -0.39 is 18.0 Å². The van der Waals surface area contributed by atoms with Gasteiger partial charge in [-0.15, -0.1) is 11.3 Å². The summed E-state index contributed by atoms with van der Waals surface area (Å²) in [5, 5.41) is 5.83. The minimum Gasteiger partial charge on any atom is -0.449 e. The molecule has 0 radical (unpaired) electrons. The standard InChI is InChI=1S/C19H22N2O4S/c1-5-15(17(23)21-14-9-7-6-8-10-14)25-19(24)16-11(2)12(3)26-18(16)20-13(4)22/h6-10,15H,5H2,1-4H3,(H,20,22)(H,21,23)/t15-/m1/s1. The molecule has 6 nitrogen and oxygen atoms in total. The second-order valence-electron chi connectivity index (χ2n) is 5.83. The van der Waals surface area contributed by atoms with E-state index in [9.17, 15) is 14.4 Å². The summed E-state index contributed by atoms with van der Waals surface area (Å²) in [4.78, 5) is 37.4. The Morgan fingerprint density at radius 3 is 2.35 bits per heavy atom. The van der Waals surface area contributed by atoms with Crippen LogP contribution in [0.15, 0.2) is 30.3 Å². The third-order valence-electron chi connectivity index (χ3n) is 3.83. The van der Waals surface area contributed by atoms with E-state index in [1.165, 1.54) is 18.3 Å². The van der Waals surface area contributed by atoms with Gasteiger partial charge in [-0.2, -0.15) is 0 Å². The van der Waals surface area contributed by atoms with E-state index in [4.69, 9.17) is 4.74 Å². The lowest BCUT2D eigenvalue weighted by atomic mass is 10.1. The third-order valence-corrected chi connectivity index (χ3v) is 4.96. The molecular formula is C19H22N2O4S. The van der Waals surface area contributed by atoms with Gasteiger partial charge in [-0.05, 0) is 38.0 Å². The summed E-state index contributed by atoms with van der Waals surface area (Å²) in [6.07, 6.45) is -0.588. The van der Waals surface area contributed by atoms with Crippen LogP contribution in [0.5, 0.6) is 0 Å². The molecule has 26 heavy (non-hydrogen) atoms. The first-order valence-corrected chi connectivity index (χ1v) is 9.09. The van der Waals surface area contributed by atoms with E-state index in [-0.39, 0.29) is 5.91 Å². The lowest BCUT2D eigenvalue weighted by Gasteiger charge is -2.16. The predicted octanol–water partition coefficient (Wildman–Crippen LogP) is 3.90. The minimum atomic E-state index is -0.924. The van der Waals surface area contributed by atoms with Crippen molar-refractivity contribution in [2.75, 3.05) is 10.6 Å². The summed E-state index contributed by atoms with van der Waals surface area (Å²) in [6, 6.07) is 8.97. The highest BCUT2D eigenvalue weighted by Crippen LogP contribution is 2.33. The van der Waals surface area contributed by atoms with Gasteiger partial charge >= 0.3 is 5.97 Å². The molecule has 2 aromatic rings. The van der Waals surface area contributed by atoms with Crippen molar-refractivity contribution in [2.45, 2.75) is 40.2 Å². The van der Waals surface area contributed by atoms with Crippen LogP contribution in [0.2, 0.25) is 0 Å². The molecule has 1 aromatic carbocycles. The second-order valence-corrected chi connectivity index (χ2v) is 7.05. The van der Waals surface area contributed by atoms with Crippen molar-refractivity contribution in [1.29, 1.82) is 0 Å². The van der Waals surface area contributed by atoms with Gasteiger partial charge in [0.25, 0.3) is 5.91 Å². The van der Waals surface area contributed by atoms with Crippen molar-refractivity contribution in [1.82, 2.24) is 0 Å². The molecule has 0 spiro atoms. The average Bonchev–Trinajstić information content (AvgIpc) is 2.86. The second kappa shape index (κ2) is 8.62. The molecule has 0 unspecified atom stereocenters. The van der Waals surface area contributed by atoms with Gasteiger partial charge in [0.15, 0.2) is 6.10 Å². The van der Waals surface area contributed by atoms with Crippen LogP contribution in [-0.4, -0.2) is 23.9 Å². The molecule has 1 heterocycles. The number of anilines is 2. The maximum Gasteiger partial charge on any atom is 0.342 e. The Hall–Kier alpha value is -2.67. The summed E-state index contributed by atoms with van der Waals surface area (Å²) >= 11 is 1.31. The van der Waals surface area contributed by atoms with Crippen molar-refractivity contribution in [3.05, 3.63) is 46.3 Å². The number of carbonyl (C=O) groups is 3. The van der Waals surface area contributed by atoms with E-state index in [1.54, 1.807) is 38.1 Å². The number of benzene rings is 1. The van der Waals surface area contributed by atoms with Crippen LogP contribution in [0.1, 0.15) is 41.1 Å². The number of aryl methyl sites for hydroxylation is 1. The number of hydrogen-bond donors (Lipinski definition) is 2. The average molecular weight is 374 g/mol. The van der Waals surface area contributed by atoms with Gasteiger partial charge in [0, 0.05) is 17.5 Å². The molecule has 0 bridgehead atoms. The van der Waals surface area contributed by atoms with Gasteiger partial charge in [0.2, 0.25) is 5.91 Å². The van der Waals surface area contributed by atoms with E-state index in [0.717, 1.165) is 10.4 Å². The number of esters is 1. The van der Waals surface area contributed by atoms with Crippen molar-refractivity contribution >= 4 is 39.8 Å². The Balaban J connectivity index is 2.16.